The van der Waals surface area contributed by atoms with E-state index < -0.39 is 0 Å². The smallest absolute Gasteiger partial charge is 0.0969 e. The first-order valence-electron chi connectivity index (χ1n) is 5.61. The lowest BCUT2D eigenvalue weighted by Crippen LogP contribution is -2.26. The molecule has 14 heavy (non-hydrogen) atoms. The number of aliphatic imine (C=N–C) groups is 1. The minimum Gasteiger partial charge on any atom is -0.387 e. The van der Waals surface area contributed by atoms with Crippen molar-refractivity contribution in [2.75, 3.05) is 12.8 Å². The number of thioether (sulfide) groups is 1. The van der Waals surface area contributed by atoms with Gasteiger partial charge in [0.1, 0.15) is 0 Å². The van der Waals surface area contributed by atoms with Crippen molar-refractivity contribution in [3.63, 3.8) is 0 Å². The summed E-state index contributed by atoms with van der Waals surface area (Å²) in [4.78, 5) is 4.58. The zero-order chi connectivity index (χ0) is 10.0. The first-order valence-corrected chi connectivity index (χ1v) is 6.83. The van der Waals surface area contributed by atoms with E-state index in [9.17, 15) is 0 Å². The maximum Gasteiger partial charge on any atom is 0.0969 e. The molecule has 0 aromatic carbocycles. The van der Waals surface area contributed by atoms with Gasteiger partial charge in [-0.05, 0) is 31.9 Å². The van der Waals surface area contributed by atoms with Crippen molar-refractivity contribution in [1.29, 1.82) is 0 Å². The van der Waals surface area contributed by atoms with Crippen LogP contribution < -0.4 is 5.73 Å². The number of nitrogens with two attached hydrogens (primary N) is 1. The SMILES string of the molecule is CSC1(CN=C(N)C2CC2)CCCC1. The molecule has 0 spiro atoms. The van der Waals surface area contributed by atoms with Gasteiger partial charge in [0.2, 0.25) is 0 Å². The van der Waals surface area contributed by atoms with Crippen LogP contribution in [0.15, 0.2) is 4.99 Å². The maximum atomic E-state index is 5.91. The van der Waals surface area contributed by atoms with E-state index in [2.05, 4.69) is 11.2 Å². The highest BCUT2D eigenvalue weighted by molar-refractivity contribution is 8.00. The summed E-state index contributed by atoms with van der Waals surface area (Å²) in [5, 5.41) is 0. The third kappa shape index (κ3) is 2.25. The first-order chi connectivity index (χ1) is 6.76. The van der Waals surface area contributed by atoms with E-state index in [0.29, 0.717) is 10.7 Å². The van der Waals surface area contributed by atoms with Crippen LogP contribution in [-0.4, -0.2) is 23.4 Å². The van der Waals surface area contributed by atoms with Crippen LogP contribution in [0.2, 0.25) is 0 Å². The highest BCUT2D eigenvalue weighted by Crippen LogP contribution is 2.40. The van der Waals surface area contributed by atoms with Crippen LogP contribution in [0.1, 0.15) is 38.5 Å². The van der Waals surface area contributed by atoms with Gasteiger partial charge in [0.25, 0.3) is 0 Å². The summed E-state index contributed by atoms with van der Waals surface area (Å²) in [7, 11) is 0. The molecule has 0 saturated heterocycles. The van der Waals surface area contributed by atoms with E-state index in [1.54, 1.807) is 0 Å². The second kappa shape index (κ2) is 4.13. The van der Waals surface area contributed by atoms with Crippen molar-refractivity contribution in [3.05, 3.63) is 0 Å². The lowest BCUT2D eigenvalue weighted by atomic mass is 10.1. The van der Waals surface area contributed by atoms with Gasteiger partial charge in [-0.15, -0.1) is 0 Å². The Labute approximate surface area is 90.7 Å². The molecule has 0 aromatic heterocycles. The normalized spacial score (nSPS) is 26.8. The lowest BCUT2D eigenvalue weighted by Gasteiger charge is -2.24. The lowest BCUT2D eigenvalue weighted by molar-refractivity contribution is 0.620. The van der Waals surface area contributed by atoms with Crippen molar-refractivity contribution >= 4 is 17.6 Å². The van der Waals surface area contributed by atoms with Crippen LogP contribution in [0.5, 0.6) is 0 Å². The monoisotopic (exact) mass is 212 g/mol. The van der Waals surface area contributed by atoms with E-state index >= 15 is 0 Å². The van der Waals surface area contributed by atoms with E-state index in [1.165, 1.54) is 38.5 Å². The number of amidine groups is 1. The zero-order valence-electron chi connectivity index (χ0n) is 8.96. The molecule has 3 heteroatoms. The van der Waals surface area contributed by atoms with Crippen molar-refractivity contribution in [2.45, 2.75) is 43.3 Å². The number of hydrogen-bond acceptors (Lipinski definition) is 2. The Bertz CT molecular complexity index is 227. The predicted molar refractivity (Wildman–Crippen MR) is 63.9 cm³/mol. The largest absolute Gasteiger partial charge is 0.387 e. The molecule has 2 rings (SSSR count). The quantitative estimate of drug-likeness (QED) is 0.574. The van der Waals surface area contributed by atoms with E-state index in [-0.39, 0.29) is 0 Å². The van der Waals surface area contributed by atoms with E-state index in [4.69, 9.17) is 5.73 Å². The molecule has 2 N–H and O–H groups in total. The van der Waals surface area contributed by atoms with Gasteiger partial charge in [-0.3, -0.25) is 4.99 Å². The molecular weight excluding hydrogens is 192 g/mol. The molecule has 0 atom stereocenters. The number of hydrogen-bond donors (Lipinski definition) is 1. The molecule has 2 aliphatic carbocycles. The summed E-state index contributed by atoms with van der Waals surface area (Å²) in [6.45, 7) is 0.955. The van der Waals surface area contributed by atoms with E-state index in [0.717, 1.165) is 12.4 Å². The summed E-state index contributed by atoms with van der Waals surface area (Å²) in [5.41, 5.74) is 5.91. The van der Waals surface area contributed by atoms with Crippen LogP contribution in [0.3, 0.4) is 0 Å². The third-order valence-corrected chi connectivity index (χ3v) is 4.90. The highest BCUT2D eigenvalue weighted by Gasteiger charge is 2.33. The van der Waals surface area contributed by atoms with Crippen molar-refractivity contribution in [3.8, 4) is 0 Å². The topological polar surface area (TPSA) is 38.4 Å². The minimum atomic E-state index is 0.430. The average molecular weight is 212 g/mol. The van der Waals surface area contributed by atoms with Gasteiger partial charge >= 0.3 is 0 Å². The molecule has 2 nitrogen and oxygen atoms in total. The third-order valence-electron chi connectivity index (χ3n) is 3.49. The van der Waals surface area contributed by atoms with E-state index in [1.807, 2.05) is 11.8 Å². The van der Waals surface area contributed by atoms with Gasteiger partial charge < -0.3 is 5.73 Å². The van der Waals surface area contributed by atoms with Crippen LogP contribution >= 0.6 is 11.8 Å². The van der Waals surface area contributed by atoms with Crippen LogP contribution in [-0.2, 0) is 0 Å². The second-order valence-electron chi connectivity index (χ2n) is 4.61. The Morgan fingerprint density at radius 1 is 1.43 bits per heavy atom. The van der Waals surface area contributed by atoms with Gasteiger partial charge in [0.15, 0.2) is 0 Å². The van der Waals surface area contributed by atoms with Gasteiger partial charge in [-0.25, -0.2) is 0 Å². The molecule has 0 radical (unpaired) electrons. The molecule has 2 fully saturated rings. The van der Waals surface area contributed by atoms with Crippen LogP contribution in [0, 0.1) is 5.92 Å². The Hall–Kier alpha value is -0.180. The van der Waals surface area contributed by atoms with Gasteiger partial charge in [0.05, 0.1) is 12.4 Å². The molecule has 0 bridgehead atoms. The number of rotatable bonds is 4. The Balaban J connectivity index is 1.90. The second-order valence-corrected chi connectivity index (χ2v) is 5.88. The van der Waals surface area contributed by atoms with Crippen LogP contribution in [0.4, 0.5) is 0 Å². The van der Waals surface area contributed by atoms with Crippen LogP contribution in [0.25, 0.3) is 0 Å². The van der Waals surface area contributed by atoms with Crippen molar-refractivity contribution < 1.29 is 0 Å². The fourth-order valence-corrected chi connectivity index (χ4v) is 3.08. The van der Waals surface area contributed by atoms with Crippen molar-refractivity contribution in [2.24, 2.45) is 16.6 Å². The number of nitrogens with zero attached hydrogens (tertiary/aromatic N) is 1. The highest BCUT2D eigenvalue weighted by atomic mass is 32.2. The minimum absolute atomic E-state index is 0.430. The van der Waals surface area contributed by atoms with Gasteiger partial charge in [0, 0.05) is 10.7 Å². The first kappa shape index (κ1) is 10.3. The zero-order valence-corrected chi connectivity index (χ0v) is 9.78. The maximum absolute atomic E-state index is 5.91. The molecule has 2 saturated carbocycles. The standard InChI is InChI=1S/C11H20N2S/c1-14-11(6-2-3-7-11)8-13-10(12)9-4-5-9/h9H,2-8H2,1H3,(H2,12,13). The summed E-state index contributed by atoms with van der Waals surface area (Å²) in [6, 6.07) is 0. The fourth-order valence-electron chi connectivity index (χ4n) is 2.19. The summed E-state index contributed by atoms with van der Waals surface area (Å²) < 4.78 is 0.430. The Kier molecular flexibility index (Phi) is 3.05. The Morgan fingerprint density at radius 2 is 2.07 bits per heavy atom. The van der Waals surface area contributed by atoms with Crippen molar-refractivity contribution in [1.82, 2.24) is 0 Å². The molecular formula is C11H20N2S. The summed E-state index contributed by atoms with van der Waals surface area (Å²) in [6.07, 6.45) is 10.2. The average Bonchev–Trinajstić information content (AvgIpc) is 2.95. The van der Waals surface area contributed by atoms with Gasteiger partial charge in [-0.1, -0.05) is 12.8 Å². The molecule has 0 heterocycles. The predicted octanol–water partition coefficient (Wildman–Crippen LogP) is 2.43. The fraction of sp³-hybridized carbons (Fsp3) is 0.909. The molecule has 80 valence electrons. The summed E-state index contributed by atoms with van der Waals surface area (Å²) in [5.74, 6) is 1.56. The summed E-state index contributed by atoms with van der Waals surface area (Å²) >= 11 is 1.99. The Morgan fingerprint density at radius 3 is 2.57 bits per heavy atom. The molecule has 0 aromatic rings. The molecule has 2 aliphatic rings. The van der Waals surface area contributed by atoms with Gasteiger partial charge in [-0.2, -0.15) is 11.8 Å². The molecule has 0 aliphatic heterocycles. The molecule has 0 unspecified atom stereocenters. The molecule has 0 amide bonds.